The average molecular weight is 959 g/mol. The van der Waals surface area contributed by atoms with Crippen molar-refractivity contribution in [2.45, 2.75) is 34.6 Å². The van der Waals surface area contributed by atoms with Crippen molar-refractivity contribution in [1.29, 1.82) is 0 Å². The van der Waals surface area contributed by atoms with E-state index in [1.807, 2.05) is 82.5 Å². The van der Waals surface area contributed by atoms with Gasteiger partial charge in [-0.15, -0.1) is 34.0 Å². The van der Waals surface area contributed by atoms with Crippen LogP contribution in [0, 0.1) is 34.6 Å². The van der Waals surface area contributed by atoms with Crippen LogP contribution in [0.25, 0.3) is 104 Å². The van der Waals surface area contributed by atoms with E-state index in [-0.39, 0.29) is 0 Å². The van der Waals surface area contributed by atoms with E-state index in [1.54, 1.807) is 0 Å². The first-order chi connectivity index (χ1) is 34.3. The Morgan fingerprint density at radius 3 is 1.47 bits per heavy atom. The number of hydrogen-bond acceptors (Lipinski definition) is 5. The first-order valence-electron chi connectivity index (χ1n) is 23.6. The first kappa shape index (κ1) is 44.9. The smallest absolute Gasteiger partial charge is 0.138 e. The number of aryl methyl sites for hydroxylation is 5. The van der Waals surface area contributed by atoms with Gasteiger partial charge < -0.3 is 8.83 Å². The molecule has 0 saturated heterocycles. The van der Waals surface area contributed by atoms with Crippen LogP contribution < -0.4 is 0 Å². The summed E-state index contributed by atoms with van der Waals surface area (Å²) in [6.45, 7) is 10.7. The molecule has 0 aliphatic heterocycles. The molecule has 340 valence electrons. The van der Waals surface area contributed by atoms with E-state index in [2.05, 4.69) is 198 Å². The number of thiophene rings is 3. The Morgan fingerprint density at radius 2 is 0.729 bits per heavy atom. The zero-order chi connectivity index (χ0) is 47.7. The Bertz CT molecular complexity index is 4070. The Labute approximate surface area is 419 Å². The third kappa shape index (κ3) is 8.73. The third-order valence-corrected chi connectivity index (χ3v) is 16.6. The molecule has 15 aromatic rings. The standard InChI is InChI=1S/2C13H10O.3C13H10S/c1-9-5-4-7-11-10-6-2-3-8-12(10)14-13(9)11;1-9-5-4-8-12-13(9)10-6-2-3-7-11(10)14-12;1-9-5-4-7-11-10-6-2-3-8-12(10)14-13(9)11;1-9-5-4-8-12-13(9)10-6-2-3-7-11(10)14-12;1-9-6-7-13-11(8-9)10-4-2-3-5-12(10)14-13/h5*2-8H,1H3. The largest absolute Gasteiger partial charge is 0.456 e. The molecule has 0 aliphatic carbocycles. The Balaban J connectivity index is 0.0000000952. The highest BCUT2D eigenvalue weighted by atomic mass is 32.1. The van der Waals surface area contributed by atoms with Crippen LogP contribution in [-0.2, 0) is 0 Å². The van der Waals surface area contributed by atoms with E-state index in [0.717, 1.165) is 22.3 Å². The van der Waals surface area contributed by atoms with Crippen molar-refractivity contribution in [1.82, 2.24) is 0 Å². The zero-order valence-corrected chi connectivity index (χ0v) is 42.2. The lowest BCUT2D eigenvalue weighted by molar-refractivity contribution is 0.666. The van der Waals surface area contributed by atoms with Gasteiger partial charge in [0.2, 0.25) is 0 Å². The molecule has 0 saturated carbocycles. The lowest BCUT2D eigenvalue weighted by atomic mass is 10.1. The van der Waals surface area contributed by atoms with Gasteiger partial charge >= 0.3 is 0 Å². The van der Waals surface area contributed by atoms with Crippen molar-refractivity contribution >= 4 is 138 Å². The molecule has 0 atom stereocenters. The second kappa shape index (κ2) is 19.5. The summed E-state index contributed by atoms with van der Waals surface area (Å²) in [6, 6.07) is 74.3. The quantitative estimate of drug-likeness (QED) is 0.151. The monoisotopic (exact) mass is 958 g/mol. The average Bonchev–Trinajstić information content (AvgIpc) is 4.22. The summed E-state index contributed by atoms with van der Waals surface area (Å²) in [5.41, 5.74) is 10.5. The van der Waals surface area contributed by atoms with E-state index in [4.69, 9.17) is 8.83 Å². The summed E-state index contributed by atoms with van der Waals surface area (Å²) >= 11 is 5.63. The Kier molecular flexibility index (Phi) is 12.5. The van der Waals surface area contributed by atoms with Gasteiger partial charge in [-0.2, -0.15) is 0 Å². The van der Waals surface area contributed by atoms with Crippen molar-refractivity contribution in [3.05, 3.63) is 240 Å². The molecule has 0 fully saturated rings. The van der Waals surface area contributed by atoms with Crippen LogP contribution in [-0.4, -0.2) is 0 Å². The normalized spacial score (nSPS) is 11.2. The maximum Gasteiger partial charge on any atom is 0.138 e. The number of hydrogen-bond donors (Lipinski definition) is 0. The van der Waals surface area contributed by atoms with Crippen molar-refractivity contribution in [2.24, 2.45) is 0 Å². The zero-order valence-electron chi connectivity index (χ0n) is 39.7. The van der Waals surface area contributed by atoms with Gasteiger partial charge in [0, 0.05) is 82.1 Å². The Hall–Kier alpha value is -7.54. The fourth-order valence-electron chi connectivity index (χ4n) is 9.52. The van der Waals surface area contributed by atoms with Crippen LogP contribution >= 0.6 is 34.0 Å². The van der Waals surface area contributed by atoms with Crippen LogP contribution in [0.2, 0.25) is 0 Å². The molecule has 15 rings (SSSR count). The van der Waals surface area contributed by atoms with Gasteiger partial charge in [-0.3, -0.25) is 0 Å². The fraction of sp³-hybridized carbons (Fsp3) is 0.0769. The predicted molar refractivity (Wildman–Crippen MR) is 309 cm³/mol. The number of benzene rings is 10. The molecule has 70 heavy (non-hydrogen) atoms. The summed E-state index contributed by atoms with van der Waals surface area (Å²) in [4.78, 5) is 0. The molecule has 0 aliphatic rings. The van der Waals surface area contributed by atoms with E-state index >= 15 is 0 Å². The van der Waals surface area contributed by atoms with Gasteiger partial charge in [0.05, 0.1) is 0 Å². The van der Waals surface area contributed by atoms with Crippen LogP contribution in [0.1, 0.15) is 27.8 Å². The molecule has 0 bridgehead atoms. The summed E-state index contributed by atoms with van der Waals surface area (Å²) < 4.78 is 19.9. The fourth-order valence-corrected chi connectivity index (χ4v) is 13.0. The molecule has 5 heterocycles. The van der Waals surface area contributed by atoms with E-state index in [1.165, 1.54) is 110 Å². The minimum absolute atomic E-state index is 0.969. The molecule has 5 aromatic heterocycles. The van der Waals surface area contributed by atoms with Gasteiger partial charge in [-0.05, 0) is 111 Å². The minimum Gasteiger partial charge on any atom is -0.456 e. The number of rotatable bonds is 0. The second-order valence-electron chi connectivity index (χ2n) is 17.8. The maximum absolute atomic E-state index is 5.78. The maximum atomic E-state index is 5.78. The van der Waals surface area contributed by atoms with Crippen molar-refractivity contribution in [2.75, 3.05) is 0 Å². The molecule has 0 amide bonds. The molecule has 0 spiro atoms. The van der Waals surface area contributed by atoms with Gasteiger partial charge in [0.1, 0.15) is 22.3 Å². The summed E-state index contributed by atoms with van der Waals surface area (Å²) in [7, 11) is 0. The number of para-hydroxylation sites is 3. The van der Waals surface area contributed by atoms with Gasteiger partial charge in [-0.1, -0.05) is 163 Å². The van der Waals surface area contributed by atoms with Crippen LogP contribution in [0.5, 0.6) is 0 Å². The van der Waals surface area contributed by atoms with Crippen LogP contribution in [0.4, 0.5) is 0 Å². The SMILES string of the molecule is Cc1ccc2sc3ccccc3c2c1.Cc1cccc2c1oc1ccccc12.Cc1cccc2c1sc1ccccc12.Cc1cccc2oc3ccccc3c12.Cc1cccc2sc3ccccc3c12. The van der Waals surface area contributed by atoms with Crippen LogP contribution in [0.15, 0.2) is 221 Å². The van der Waals surface area contributed by atoms with Gasteiger partial charge in [0.15, 0.2) is 0 Å². The molecule has 2 nitrogen and oxygen atoms in total. The summed E-state index contributed by atoms with van der Waals surface area (Å²) in [6.07, 6.45) is 0. The van der Waals surface area contributed by atoms with Crippen molar-refractivity contribution < 1.29 is 8.83 Å². The lowest BCUT2D eigenvalue weighted by Crippen LogP contribution is -1.72. The van der Waals surface area contributed by atoms with Gasteiger partial charge in [-0.25, -0.2) is 0 Å². The molecular formula is C65H50O2S3. The number of furan rings is 2. The second-order valence-corrected chi connectivity index (χ2v) is 21.0. The molecule has 10 aromatic carbocycles. The summed E-state index contributed by atoms with van der Waals surface area (Å²) in [5.74, 6) is 0. The minimum atomic E-state index is 0.969. The predicted octanol–water partition coefficient (Wildman–Crippen LogP) is 20.9. The third-order valence-electron chi connectivity index (χ3n) is 13.0. The highest BCUT2D eigenvalue weighted by Gasteiger charge is 2.10. The van der Waals surface area contributed by atoms with E-state index < -0.39 is 0 Å². The Morgan fingerprint density at radius 1 is 0.271 bits per heavy atom. The highest BCUT2D eigenvalue weighted by molar-refractivity contribution is 7.26. The van der Waals surface area contributed by atoms with E-state index in [0.29, 0.717) is 0 Å². The molecule has 0 N–H and O–H groups in total. The molecule has 5 heteroatoms. The summed E-state index contributed by atoms with van der Waals surface area (Å²) in [5, 5.41) is 13.2. The van der Waals surface area contributed by atoms with E-state index in [9.17, 15) is 0 Å². The highest BCUT2D eigenvalue weighted by Crippen LogP contribution is 2.38. The van der Waals surface area contributed by atoms with Crippen LogP contribution in [0.3, 0.4) is 0 Å². The number of fused-ring (bicyclic) bond motifs is 15. The first-order valence-corrected chi connectivity index (χ1v) is 26.1. The topological polar surface area (TPSA) is 26.3 Å². The molecule has 0 unspecified atom stereocenters. The van der Waals surface area contributed by atoms with Gasteiger partial charge in [0.25, 0.3) is 0 Å². The molecule has 0 radical (unpaired) electrons. The van der Waals surface area contributed by atoms with Crippen molar-refractivity contribution in [3.63, 3.8) is 0 Å². The van der Waals surface area contributed by atoms with Crippen molar-refractivity contribution in [3.8, 4) is 0 Å². The molecular weight excluding hydrogens is 909 g/mol. The lowest BCUT2D eigenvalue weighted by Gasteiger charge is -1.95.